The first-order valence-electron chi connectivity index (χ1n) is 6.06. The van der Waals surface area contributed by atoms with Crippen LogP contribution < -0.4 is 4.18 Å². The Balaban J connectivity index is 2.44. The van der Waals surface area contributed by atoms with Crippen molar-refractivity contribution in [1.29, 1.82) is 0 Å². The number of alkyl halides is 3. The van der Waals surface area contributed by atoms with E-state index in [1.54, 1.807) is 0 Å². The molecule has 2 rings (SSSR count). The molecule has 0 aromatic heterocycles. The lowest BCUT2D eigenvalue weighted by Crippen LogP contribution is -2.14. The van der Waals surface area contributed by atoms with Crippen molar-refractivity contribution in [3.63, 3.8) is 0 Å². The number of rotatable bonds is 4. The maximum atomic E-state index is 13.6. The van der Waals surface area contributed by atoms with Crippen LogP contribution in [-0.4, -0.2) is 13.3 Å². The van der Waals surface area contributed by atoms with Crippen molar-refractivity contribution in [2.75, 3.05) is 0 Å². The van der Waals surface area contributed by atoms with E-state index in [0.717, 1.165) is 24.3 Å². The third-order valence-electron chi connectivity index (χ3n) is 2.76. The van der Waals surface area contributed by atoms with E-state index in [9.17, 15) is 36.1 Å². The smallest absolute Gasteiger partial charge is 0.379 e. The van der Waals surface area contributed by atoms with E-state index in [1.807, 2.05) is 0 Å². The zero-order valence-corrected chi connectivity index (χ0v) is 12.3. The number of benzene rings is 2. The molecular weight excluding hydrogens is 358 g/mol. The fourth-order valence-corrected chi connectivity index (χ4v) is 2.72. The fourth-order valence-electron chi connectivity index (χ4n) is 1.69. The van der Waals surface area contributed by atoms with Crippen molar-refractivity contribution in [3.05, 3.63) is 64.0 Å². The monoisotopic (exact) mass is 365 g/mol. The fraction of sp³-hybridized carbons (Fsp3) is 0.0769. The lowest BCUT2D eigenvalue weighted by atomic mass is 10.2. The first kappa shape index (κ1) is 17.7. The Morgan fingerprint density at radius 1 is 1.08 bits per heavy atom. The molecule has 0 bridgehead atoms. The molecule has 0 heterocycles. The average molecular weight is 365 g/mol. The largest absolute Gasteiger partial charge is 0.416 e. The maximum Gasteiger partial charge on any atom is 0.416 e. The summed E-state index contributed by atoms with van der Waals surface area (Å²) in [6.07, 6.45) is -4.89. The normalized spacial score (nSPS) is 12.0. The Kier molecular flexibility index (Phi) is 4.47. The molecule has 0 saturated heterocycles. The predicted octanol–water partition coefficient (Wildman–Crippen LogP) is 3.52. The molecule has 0 unspecified atom stereocenters. The van der Waals surface area contributed by atoms with Gasteiger partial charge in [-0.25, -0.2) is 4.39 Å². The summed E-state index contributed by atoms with van der Waals surface area (Å²) in [4.78, 5) is 8.45. The minimum atomic E-state index is -4.97. The highest BCUT2D eigenvalue weighted by Crippen LogP contribution is 2.32. The van der Waals surface area contributed by atoms with E-state index in [0.29, 0.717) is 12.1 Å². The molecule has 24 heavy (non-hydrogen) atoms. The number of nitro groups is 1. The van der Waals surface area contributed by atoms with Gasteiger partial charge in [-0.15, -0.1) is 0 Å². The van der Waals surface area contributed by atoms with Crippen LogP contribution in [0.4, 0.5) is 23.2 Å². The van der Waals surface area contributed by atoms with Gasteiger partial charge < -0.3 is 4.18 Å². The van der Waals surface area contributed by atoms with E-state index < -0.39 is 48.9 Å². The van der Waals surface area contributed by atoms with Gasteiger partial charge in [0.25, 0.3) is 5.69 Å². The molecule has 128 valence electrons. The van der Waals surface area contributed by atoms with Gasteiger partial charge in [0.15, 0.2) is 0 Å². The lowest BCUT2D eigenvalue weighted by molar-refractivity contribution is -0.384. The second-order valence-corrected chi connectivity index (χ2v) is 5.95. The molecule has 0 fully saturated rings. The van der Waals surface area contributed by atoms with Gasteiger partial charge in [0, 0.05) is 6.07 Å². The van der Waals surface area contributed by atoms with Crippen LogP contribution in [0.2, 0.25) is 0 Å². The first-order valence-corrected chi connectivity index (χ1v) is 7.47. The van der Waals surface area contributed by atoms with Gasteiger partial charge in [-0.2, -0.15) is 21.6 Å². The number of non-ortho nitro benzene ring substituents is 1. The van der Waals surface area contributed by atoms with Crippen LogP contribution in [0.1, 0.15) is 5.56 Å². The van der Waals surface area contributed by atoms with Crippen molar-refractivity contribution < 1.29 is 35.1 Å². The molecular formula is C13H7F4NO5S. The van der Waals surface area contributed by atoms with Crippen LogP contribution >= 0.6 is 0 Å². The summed E-state index contributed by atoms with van der Waals surface area (Å²) in [6, 6.07) is 4.71. The van der Waals surface area contributed by atoms with Crippen LogP contribution in [0.25, 0.3) is 0 Å². The van der Waals surface area contributed by atoms with Gasteiger partial charge in [-0.05, 0) is 24.3 Å². The average Bonchev–Trinajstić information content (AvgIpc) is 2.46. The highest BCUT2D eigenvalue weighted by Gasteiger charge is 2.33. The Morgan fingerprint density at radius 2 is 1.75 bits per heavy atom. The first-order chi connectivity index (χ1) is 11.0. The third kappa shape index (κ3) is 3.79. The molecule has 6 nitrogen and oxygen atoms in total. The highest BCUT2D eigenvalue weighted by molar-refractivity contribution is 7.87. The van der Waals surface area contributed by atoms with E-state index in [2.05, 4.69) is 4.18 Å². The molecule has 0 saturated carbocycles. The summed E-state index contributed by atoms with van der Waals surface area (Å²) in [5.74, 6) is -1.99. The number of hydrogen-bond acceptors (Lipinski definition) is 5. The van der Waals surface area contributed by atoms with Crippen LogP contribution in [0.15, 0.2) is 47.4 Å². The maximum absolute atomic E-state index is 13.6. The van der Waals surface area contributed by atoms with E-state index in [-0.39, 0.29) is 6.07 Å². The zero-order valence-electron chi connectivity index (χ0n) is 11.5. The summed E-state index contributed by atoms with van der Waals surface area (Å²) < 4.78 is 80.0. The van der Waals surface area contributed by atoms with Crippen molar-refractivity contribution in [3.8, 4) is 5.75 Å². The molecule has 0 radical (unpaired) electrons. The van der Waals surface area contributed by atoms with Gasteiger partial charge >= 0.3 is 16.3 Å². The van der Waals surface area contributed by atoms with Crippen LogP contribution in [0, 0.1) is 15.9 Å². The van der Waals surface area contributed by atoms with Crippen molar-refractivity contribution in [2.45, 2.75) is 11.1 Å². The molecule has 0 aliphatic carbocycles. The van der Waals surface area contributed by atoms with Gasteiger partial charge in [-0.1, -0.05) is 6.07 Å². The summed E-state index contributed by atoms with van der Waals surface area (Å²) in [5.41, 5.74) is -1.89. The Bertz CT molecular complexity index is 895. The third-order valence-corrected chi connectivity index (χ3v) is 4.03. The van der Waals surface area contributed by atoms with Gasteiger partial charge in [0.1, 0.15) is 16.5 Å². The second kappa shape index (κ2) is 6.07. The van der Waals surface area contributed by atoms with Crippen molar-refractivity contribution in [1.82, 2.24) is 0 Å². The molecule has 0 aliphatic heterocycles. The quantitative estimate of drug-likeness (QED) is 0.358. The molecule has 2 aromatic rings. The number of nitrogens with zero attached hydrogens (tertiary/aromatic N) is 1. The van der Waals surface area contributed by atoms with Crippen LogP contribution in [0.5, 0.6) is 5.75 Å². The Hall–Kier alpha value is -2.69. The van der Waals surface area contributed by atoms with Crippen LogP contribution in [0.3, 0.4) is 0 Å². The summed E-state index contributed by atoms with van der Waals surface area (Å²) in [6.45, 7) is 0. The molecule has 0 atom stereocenters. The number of nitro benzene ring substituents is 1. The SMILES string of the molecule is O=[N+]([O-])c1cccc(OS(=O)(=O)c2cc(C(F)(F)F)ccc2F)c1. The summed E-state index contributed by atoms with van der Waals surface area (Å²) >= 11 is 0. The molecule has 0 N–H and O–H groups in total. The molecule has 2 aromatic carbocycles. The van der Waals surface area contributed by atoms with Gasteiger partial charge in [0.2, 0.25) is 0 Å². The van der Waals surface area contributed by atoms with Crippen molar-refractivity contribution in [2.24, 2.45) is 0 Å². The lowest BCUT2D eigenvalue weighted by Gasteiger charge is -2.11. The number of hydrogen-bond donors (Lipinski definition) is 0. The zero-order chi connectivity index (χ0) is 18.1. The van der Waals surface area contributed by atoms with Crippen molar-refractivity contribution >= 4 is 15.8 Å². The topological polar surface area (TPSA) is 86.5 Å². The van der Waals surface area contributed by atoms with Gasteiger partial charge in [-0.3, -0.25) is 10.1 Å². The minimum Gasteiger partial charge on any atom is -0.379 e. The predicted molar refractivity (Wildman–Crippen MR) is 72.3 cm³/mol. The molecule has 11 heteroatoms. The molecule has 0 spiro atoms. The van der Waals surface area contributed by atoms with E-state index in [1.165, 1.54) is 0 Å². The summed E-state index contributed by atoms with van der Waals surface area (Å²) in [7, 11) is -4.97. The van der Waals surface area contributed by atoms with Gasteiger partial charge in [0.05, 0.1) is 16.6 Å². The van der Waals surface area contributed by atoms with Crippen LogP contribution in [-0.2, 0) is 16.3 Å². The Labute approximate surface area is 132 Å². The number of halogens is 4. The standard InChI is InChI=1S/C13H7F4NO5S/c14-11-5-4-8(13(15,16)17)6-12(11)24(21,22)23-10-3-1-2-9(7-10)18(19)20/h1-7H. The Morgan fingerprint density at radius 3 is 2.33 bits per heavy atom. The van der Waals surface area contributed by atoms with E-state index in [4.69, 9.17) is 0 Å². The highest BCUT2D eigenvalue weighted by atomic mass is 32.2. The molecule has 0 amide bonds. The van der Waals surface area contributed by atoms with E-state index >= 15 is 0 Å². The minimum absolute atomic E-state index is 0.0853. The summed E-state index contributed by atoms with van der Waals surface area (Å²) in [5, 5.41) is 10.6. The second-order valence-electron chi connectivity index (χ2n) is 4.43. The molecule has 0 aliphatic rings.